The summed E-state index contributed by atoms with van der Waals surface area (Å²) in [6.45, 7) is 7.51. The Morgan fingerprint density at radius 3 is 2.15 bits per heavy atom. The second kappa shape index (κ2) is 12.6. The van der Waals surface area contributed by atoms with Crippen molar-refractivity contribution in [1.29, 1.82) is 0 Å². The van der Waals surface area contributed by atoms with Gasteiger partial charge in [0.1, 0.15) is 12.6 Å². The van der Waals surface area contributed by atoms with E-state index in [1.54, 1.807) is 25.1 Å². The van der Waals surface area contributed by atoms with Gasteiger partial charge in [-0.1, -0.05) is 62.4 Å². The van der Waals surface area contributed by atoms with Crippen LogP contribution < -0.4 is 9.62 Å². The third kappa shape index (κ3) is 7.58. The number of benzene rings is 2. The maximum atomic E-state index is 13.6. The first-order valence-electron chi connectivity index (χ1n) is 11.8. The Bertz CT molecular complexity index is 1060. The van der Waals surface area contributed by atoms with E-state index in [0.717, 1.165) is 28.1 Å². The van der Waals surface area contributed by atoms with Gasteiger partial charge in [0.05, 0.1) is 11.9 Å². The van der Waals surface area contributed by atoms with Crippen LogP contribution in [0, 0.1) is 6.92 Å². The van der Waals surface area contributed by atoms with Crippen LogP contribution in [0.15, 0.2) is 54.6 Å². The predicted octanol–water partition coefficient (Wildman–Crippen LogP) is 3.53. The van der Waals surface area contributed by atoms with E-state index in [2.05, 4.69) is 5.32 Å². The second-order valence-corrected chi connectivity index (χ2v) is 10.5. The molecule has 2 atom stereocenters. The Morgan fingerprint density at radius 1 is 0.971 bits per heavy atom. The van der Waals surface area contributed by atoms with E-state index in [9.17, 15) is 18.0 Å². The van der Waals surface area contributed by atoms with E-state index < -0.39 is 22.0 Å². The summed E-state index contributed by atoms with van der Waals surface area (Å²) in [6.07, 6.45) is 2.85. The summed E-state index contributed by atoms with van der Waals surface area (Å²) in [7, 11) is -3.73. The van der Waals surface area contributed by atoms with Gasteiger partial charge in [0, 0.05) is 12.6 Å². The van der Waals surface area contributed by atoms with Gasteiger partial charge in [0.25, 0.3) is 0 Å². The minimum Gasteiger partial charge on any atom is -0.352 e. The summed E-state index contributed by atoms with van der Waals surface area (Å²) < 4.78 is 26.4. The molecule has 7 nitrogen and oxygen atoms in total. The summed E-state index contributed by atoms with van der Waals surface area (Å²) in [6, 6.07) is 16.1. The maximum Gasteiger partial charge on any atom is 0.244 e. The molecule has 2 aromatic carbocycles. The topological polar surface area (TPSA) is 86.8 Å². The molecule has 0 aliphatic heterocycles. The lowest BCUT2D eigenvalue weighted by Gasteiger charge is -2.33. The number of hydrogen-bond acceptors (Lipinski definition) is 4. The molecular weight excluding hydrogens is 450 g/mol. The maximum absolute atomic E-state index is 13.6. The molecule has 2 aromatic rings. The largest absolute Gasteiger partial charge is 0.352 e. The predicted molar refractivity (Wildman–Crippen MR) is 137 cm³/mol. The number of nitrogens with one attached hydrogen (secondary N) is 1. The van der Waals surface area contributed by atoms with Crippen LogP contribution in [-0.2, 0) is 26.0 Å². The van der Waals surface area contributed by atoms with E-state index in [0.29, 0.717) is 25.1 Å². The number of rotatable bonds is 12. The molecule has 0 bridgehead atoms. The summed E-state index contributed by atoms with van der Waals surface area (Å²) in [4.78, 5) is 28.2. The third-order valence-electron chi connectivity index (χ3n) is 5.93. The van der Waals surface area contributed by atoms with Crippen LogP contribution in [-0.4, -0.2) is 56.6 Å². The molecule has 186 valence electrons. The molecule has 0 aromatic heterocycles. The average molecular weight is 488 g/mol. The Balaban J connectivity index is 2.37. The van der Waals surface area contributed by atoms with Crippen molar-refractivity contribution in [2.24, 2.45) is 0 Å². The highest BCUT2D eigenvalue weighted by molar-refractivity contribution is 7.92. The zero-order valence-electron chi connectivity index (χ0n) is 20.8. The molecule has 0 unspecified atom stereocenters. The lowest BCUT2D eigenvalue weighted by atomic mass is 10.1. The zero-order chi connectivity index (χ0) is 25.3. The first-order chi connectivity index (χ1) is 16.1. The Kier molecular flexibility index (Phi) is 10.1. The van der Waals surface area contributed by atoms with Crippen LogP contribution in [0.3, 0.4) is 0 Å². The van der Waals surface area contributed by atoms with Crippen LogP contribution in [0.25, 0.3) is 0 Å². The number of anilines is 1. The fraction of sp³-hybridized carbons (Fsp3) is 0.462. The van der Waals surface area contributed by atoms with Crippen LogP contribution in [0.4, 0.5) is 5.69 Å². The molecule has 0 aliphatic rings. The summed E-state index contributed by atoms with van der Waals surface area (Å²) in [5, 5.41) is 2.97. The summed E-state index contributed by atoms with van der Waals surface area (Å²) in [5.41, 5.74) is 2.24. The van der Waals surface area contributed by atoms with Crippen LogP contribution in [0.1, 0.15) is 44.7 Å². The number of amides is 2. The summed E-state index contributed by atoms with van der Waals surface area (Å²) in [5.74, 6) is -0.629. The smallest absolute Gasteiger partial charge is 0.244 e. The van der Waals surface area contributed by atoms with Gasteiger partial charge in [0.15, 0.2) is 0 Å². The molecule has 0 spiro atoms. The minimum atomic E-state index is -3.73. The van der Waals surface area contributed by atoms with Crippen molar-refractivity contribution in [3.8, 4) is 0 Å². The third-order valence-corrected chi connectivity index (χ3v) is 7.06. The molecule has 0 radical (unpaired) electrons. The number of para-hydroxylation sites is 1. The second-order valence-electron chi connectivity index (χ2n) is 8.62. The monoisotopic (exact) mass is 487 g/mol. The number of hydrogen-bond donors (Lipinski definition) is 1. The number of aryl methyl sites for hydroxylation is 1. The van der Waals surface area contributed by atoms with Crippen molar-refractivity contribution in [2.75, 3.05) is 23.7 Å². The molecule has 0 aliphatic carbocycles. The SMILES string of the molecule is CC[C@H](C)NC(=O)[C@H](CC)N(CCc1ccccc1)C(=O)CN(c1ccccc1C)S(C)(=O)=O. The normalized spacial score (nSPS) is 13.1. The summed E-state index contributed by atoms with van der Waals surface area (Å²) >= 11 is 0. The van der Waals surface area contributed by atoms with E-state index >= 15 is 0 Å². The van der Waals surface area contributed by atoms with Gasteiger partial charge in [-0.15, -0.1) is 0 Å². The van der Waals surface area contributed by atoms with Crippen molar-refractivity contribution < 1.29 is 18.0 Å². The quantitative estimate of drug-likeness (QED) is 0.496. The van der Waals surface area contributed by atoms with Crippen molar-refractivity contribution in [3.63, 3.8) is 0 Å². The number of nitrogens with zero attached hydrogens (tertiary/aromatic N) is 2. The van der Waals surface area contributed by atoms with Gasteiger partial charge in [-0.25, -0.2) is 8.42 Å². The molecule has 0 saturated heterocycles. The molecule has 1 N–H and O–H groups in total. The average Bonchev–Trinajstić information content (AvgIpc) is 2.80. The molecule has 8 heteroatoms. The van der Waals surface area contributed by atoms with Gasteiger partial charge in [0.2, 0.25) is 21.8 Å². The Labute approximate surface area is 204 Å². The lowest BCUT2D eigenvalue weighted by molar-refractivity contribution is -0.139. The van der Waals surface area contributed by atoms with Crippen molar-refractivity contribution >= 4 is 27.5 Å². The zero-order valence-corrected chi connectivity index (χ0v) is 21.6. The first-order valence-corrected chi connectivity index (χ1v) is 13.6. The van der Waals surface area contributed by atoms with E-state index in [1.165, 1.54) is 4.90 Å². The van der Waals surface area contributed by atoms with Crippen LogP contribution in [0.2, 0.25) is 0 Å². The van der Waals surface area contributed by atoms with E-state index in [4.69, 9.17) is 0 Å². The van der Waals surface area contributed by atoms with Gasteiger partial charge < -0.3 is 10.2 Å². The number of carbonyl (C=O) groups excluding carboxylic acids is 2. The fourth-order valence-electron chi connectivity index (χ4n) is 3.78. The van der Waals surface area contributed by atoms with Gasteiger partial charge >= 0.3 is 0 Å². The van der Waals surface area contributed by atoms with Crippen molar-refractivity contribution in [3.05, 3.63) is 65.7 Å². The molecule has 2 rings (SSSR count). The van der Waals surface area contributed by atoms with Gasteiger partial charge in [-0.2, -0.15) is 0 Å². The van der Waals surface area contributed by atoms with Gasteiger partial charge in [-0.05, 0) is 50.3 Å². The molecule has 0 heterocycles. The number of carbonyl (C=O) groups is 2. The van der Waals surface area contributed by atoms with Crippen molar-refractivity contribution in [2.45, 2.75) is 59.0 Å². The molecule has 2 amide bonds. The molecular formula is C26H37N3O4S. The Hall–Kier alpha value is -2.87. The number of sulfonamides is 1. The van der Waals surface area contributed by atoms with E-state index in [1.807, 2.05) is 57.2 Å². The highest BCUT2D eigenvalue weighted by Crippen LogP contribution is 2.22. The van der Waals surface area contributed by atoms with Crippen LogP contribution in [0.5, 0.6) is 0 Å². The lowest BCUT2D eigenvalue weighted by Crippen LogP contribution is -2.54. The van der Waals surface area contributed by atoms with Gasteiger partial charge in [-0.3, -0.25) is 13.9 Å². The standard InChI is InChI=1S/C26H37N3O4S/c1-6-21(4)27-26(31)23(7-2)28(18-17-22-14-9-8-10-15-22)25(30)19-29(34(5,32)33)24-16-12-11-13-20(24)3/h8-16,21,23H,6-7,17-19H2,1-5H3,(H,27,31)/t21-,23-/m0/s1. The van der Waals surface area contributed by atoms with Crippen LogP contribution >= 0.6 is 0 Å². The molecule has 0 fully saturated rings. The highest BCUT2D eigenvalue weighted by atomic mass is 32.2. The fourth-order valence-corrected chi connectivity index (χ4v) is 4.68. The highest BCUT2D eigenvalue weighted by Gasteiger charge is 2.32. The Morgan fingerprint density at radius 2 is 1.59 bits per heavy atom. The van der Waals surface area contributed by atoms with E-state index in [-0.39, 0.29) is 18.5 Å². The first kappa shape index (κ1) is 27.4. The molecule has 34 heavy (non-hydrogen) atoms. The minimum absolute atomic E-state index is 0.0212. The molecule has 0 saturated carbocycles. The van der Waals surface area contributed by atoms with Crippen molar-refractivity contribution in [1.82, 2.24) is 10.2 Å².